The van der Waals surface area contributed by atoms with E-state index in [4.69, 9.17) is 17.3 Å². The topological polar surface area (TPSA) is 56.2 Å². The van der Waals surface area contributed by atoms with Crippen LogP contribution < -0.4 is 5.73 Å². The van der Waals surface area contributed by atoms with E-state index in [9.17, 15) is 0 Å². The van der Waals surface area contributed by atoms with Crippen molar-refractivity contribution in [1.29, 1.82) is 0 Å². The molecule has 4 nitrogen and oxygen atoms in total. The van der Waals surface area contributed by atoms with Gasteiger partial charge in [0.1, 0.15) is 0 Å². The third-order valence-corrected chi connectivity index (χ3v) is 2.14. The van der Waals surface area contributed by atoms with E-state index < -0.39 is 0 Å². The molecule has 1 unspecified atom stereocenters. The van der Waals surface area contributed by atoms with Crippen LogP contribution >= 0.6 is 11.6 Å². The van der Waals surface area contributed by atoms with Gasteiger partial charge in [0.15, 0.2) is 5.65 Å². The van der Waals surface area contributed by atoms with E-state index in [0.29, 0.717) is 5.02 Å². The second-order valence-corrected chi connectivity index (χ2v) is 3.83. The van der Waals surface area contributed by atoms with Crippen molar-refractivity contribution in [2.24, 2.45) is 5.73 Å². The fourth-order valence-corrected chi connectivity index (χ4v) is 1.53. The van der Waals surface area contributed by atoms with Crippen molar-refractivity contribution in [3.63, 3.8) is 0 Å². The van der Waals surface area contributed by atoms with Gasteiger partial charge in [-0.2, -0.15) is 5.10 Å². The summed E-state index contributed by atoms with van der Waals surface area (Å²) in [5.41, 5.74) is 7.59. The van der Waals surface area contributed by atoms with E-state index in [-0.39, 0.29) is 6.04 Å². The Balaban J connectivity index is 2.47. The first-order chi connectivity index (χ1) is 6.66. The van der Waals surface area contributed by atoms with E-state index in [1.807, 2.05) is 6.92 Å². The highest BCUT2D eigenvalue weighted by atomic mass is 35.5. The summed E-state index contributed by atoms with van der Waals surface area (Å²) in [6.07, 6.45) is 5.90. The van der Waals surface area contributed by atoms with Crippen LogP contribution in [0.1, 0.15) is 12.5 Å². The number of aromatic nitrogens is 3. The molecule has 2 aromatic heterocycles. The maximum atomic E-state index is 5.79. The van der Waals surface area contributed by atoms with Gasteiger partial charge in [-0.1, -0.05) is 11.6 Å². The summed E-state index contributed by atoms with van der Waals surface area (Å²) in [6.45, 7) is 1.96. The first kappa shape index (κ1) is 9.43. The van der Waals surface area contributed by atoms with Gasteiger partial charge >= 0.3 is 0 Å². The van der Waals surface area contributed by atoms with Crippen LogP contribution in [0.25, 0.3) is 5.65 Å². The zero-order valence-corrected chi connectivity index (χ0v) is 8.57. The average molecular weight is 211 g/mol. The molecule has 0 saturated carbocycles. The molecule has 2 N–H and O–H groups in total. The Morgan fingerprint density at radius 1 is 1.57 bits per heavy atom. The molecule has 0 spiro atoms. The molecule has 0 aliphatic carbocycles. The SMILES string of the molecule is CC(N)Cc1cnn2cc(Cl)cnc12. The molecule has 0 aliphatic heterocycles. The van der Waals surface area contributed by atoms with E-state index in [0.717, 1.165) is 17.6 Å². The molecule has 0 radical (unpaired) electrons. The van der Waals surface area contributed by atoms with Crippen LogP contribution in [0.4, 0.5) is 0 Å². The minimum absolute atomic E-state index is 0.112. The van der Waals surface area contributed by atoms with Gasteiger partial charge in [-0.05, 0) is 13.3 Å². The second kappa shape index (κ2) is 3.55. The van der Waals surface area contributed by atoms with Gasteiger partial charge in [0.05, 0.1) is 17.4 Å². The Labute approximate surface area is 86.7 Å². The molecule has 0 amide bonds. The Morgan fingerprint density at radius 2 is 2.36 bits per heavy atom. The zero-order valence-electron chi connectivity index (χ0n) is 7.81. The van der Waals surface area contributed by atoms with Gasteiger partial charge in [-0.15, -0.1) is 0 Å². The van der Waals surface area contributed by atoms with Crippen LogP contribution in [0.15, 0.2) is 18.6 Å². The predicted molar refractivity (Wildman–Crippen MR) is 55.4 cm³/mol. The van der Waals surface area contributed by atoms with Crippen molar-refractivity contribution >= 4 is 17.2 Å². The number of rotatable bonds is 2. The summed E-state index contributed by atoms with van der Waals surface area (Å²) in [7, 11) is 0. The van der Waals surface area contributed by atoms with Crippen molar-refractivity contribution in [1.82, 2.24) is 14.6 Å². The largest absolute Gasteiger partial charge is 0.328 e. The van der Waals surface area contributed by atoms with Crippen molar-refractivity contribution in [3.05, 3.63) is 29.2 Å². The van der Waals surface area contributed by atoms with Gasteiger partial charge in [0.25, 0.3) is 0 Å². The second-order valence-electron chi connectivity index (χ2n) is 3.39. The molecule has 0 saturated heterocycles. The van der Waals surface area contributed by atoms with Crippen LogP contribution in [0.2, 0.25) is 5.02 Å². The normalized spacial score (nSPS) is 13.4. The molecular weight excluding hydrogens is 200 g/mol. The molecule has 2 heterocycles. The highest BCUT2D eigenvalue weighted by molar-refractivity contribution is 6.30. The molecule has 0 fully saturated rings. The van der Waals surface area contributed by atoms with Crippen molar-refractivity contribution in [2.75, 3.05) is 0 Å². The lowest BCUT2D eigenvalue weighted by molar-refractivity contribution is 0.740. The minimum Gasteiger partial charge on any atom is -0.328 e. The highest BCUT2D eigenvalue weighted by Gasteiger charge is 2.07. The Kier molecular flexibility index (Phi) is 2.39. The van der Waals surface area contributed by atoms with E-state index >= 15 is 0 Å². The Bertz CT molecular complexity index is 449. The smallest absolute Gasteiger partial charge is 0.158 e. The predicted octanol–water partition coefficient (Wildman–Crippen LogP) is 1.27. The molecule has 14 heavy (non-hydrogen) atoms. The monoisotopic (exact) mass is 210 g/mol. The molecule has 2 rings (SSSR count). The van der Waals surface area contributed by atoms with Gasteiger partial charge in [0, 0.05) is 17.8 Å². The maximum Gasteiger partial charge on any atom is 0.158 e. The zero-order chi connectivity index (χ0) is 10.1. The molecular formula is C9H11ClN4. The van der Waals surface area contributed by atoms with E-state index in [2.05, 4.69) is 10.1 Å². The maximum absolute atomic E-state index is 5.79. The van der Waals surface area contributed by atoms with Crippen molar-refractivity contribution < 1.29 is 0 Å². The first-order valence-electron chi connectivity index (χ1n) is 4.40. The van der Waals surface area contributed by atoms with Gasteiger partial charge in [0.2, 0.25) is 0 Å². The van der Waals surface area contributed by atoms with Crippen LogP contribution in [0, 0.1) is 0 Å². The minimum atomic E-state index is 0.112. The number of hydrogen-bond acceptors (Lipinski definition) is 3. The summed E-state index contributed by atoms with van der Waals surface area (Å²) < 4.78 is 1.67. The fourth-order valence-electron chi connectivity index (χ4n) is 1.39. The lowest BCUT2D eigenvalue weighted by atomic mass is 10.1. The third kappa shape index (κ3) is 1.71. The van der Waals surface area contributed by atoms with Gasteiger partial charge < -0.3 is 5.73 Å². The lowest BCUT2D eigenvalue weighted by Gasteiger charge is -2.01. The third-order valence-electron chi connectivity index (χ3n) is 1.94. The van der Waals surface area contributed by atoms with E-state index in [1.165, 1.54) is 0 Å². The van der Waals surface area contributed by atoms with E-state index in [1.54, 1.807) is 23.1 Å². The van der Waals surface area contributed by atoms with Crippen molar-refractivity contribution in [3.8, 4) is 0 Å². The number of fused-ring (bicyclic) bond motifs is 1. The standard InChI is InChI=1S/C9H11ClN4/c1-6(11)2-7-3-13-14-5-8(10)4-12-9(7)14/h3-6H,2,11H2,1H3. The number of nitrogens with two attached hydrogens (primary N) is 1. The first-order valence-corrected chi connectivity index (χ1v) is 4.78. The summed E-state index contributed by atoms with van der Waals surface area (Å²) in [5.74, 6) is 0. The highest BCUT2D eigenvalue weighted by Crippen LogP contribution is 2.12. The summed E-state index contributed by atoms with van der Waals surface area (Å²) in [4.78, 5) is 4.21. The molecule has 0 aromatic carbocycles. The molecule has 74 valence electrons. The number of nitrogens with zero attached hydrogens (tertiary/aromatic N) is 3. The molecule has 2 aromatic rings. The molecule has 0 aliphatic rings. The summed E-state index contributed by atoms with van der Waals surface area (Å²) in [6, 6.07) is 0.112. The quantitative estimate of drug-likeness (QED) is 0.812. The Hall–Kier alpha value is -1.13. The summed E-state index contributed by atoms with van der Waals surface area (Å²) in [5, 5.41) is 4.72. The van der Waals surface area contributed by atoms with Crippen molar-refractivity contribution in [2.45, 2.75) is 19.4 Å². The molecule has 5 heteroatoms. The average Bonchev–Trinajstić information content (AvgIpc) is 2.47. The van der Waals surface area contributed by atoms with Gasteiger partial charge in [-0.25, -0.2) is 9.50 Å². The molecule has 1 atom stereocenters. The van der Waals surface area contributed by atoms with Crippen LogP contribution in [0.5, 0.6) is 0 Å². The van der Waals surface area contributed by atoms with Crippen LogP contribution in [0.3, 0.4) is 0 Å². The van der Waals surface area contributed by atoms with Crippen LogP contribution in [-0.2, 0) is 6.42 Å². The molecule has 0 bridgehead atoms. The van der Waals surface area contributed by atoms with Gasteiger partial charge in [-0.3, -0.25) is 0 Å². The lowest BCUT2D eigenvalue weighted by Crippen LogP contribution is -2.17. The fraction of sp³-hybridized carbons (Fsp3) is 0.333. The number of hydrogen-bond donors (Lipinski definition) is 1. The summed E-state index contributed by atoms with van der Waals surface area (Å²) >= 11 is 5.79. The Morgan fingerprint density at radius 3 is 3.07 bits per heavy atom. The number of halogens is 1. The van der Waals surface area contributed by atoms with Crippen LogP contribution in [-0.4, -0.2) is 20.6 Å².